The topological polar surface area (TPSA) is 0 Å². The lowest BCUT2D eigenvalue weighted by atomic mass is 9.33. The molecule has 0 spiro atoms. The van der Waals surface area contributed by atoms with Gasteiger partial charge in [-0.2, -0.15) is 0 Å². The van der Waals surface area contributed by atoms with E-state index in [9.17, 15) is 0 Å². The van der Waals surface area contributed by atoms with Crippen LogP contribution in [0.2, 0.25) is 13.1 Å². The third-order valence-corrected chi connectivity index (χ3v) is 17.0. The average Bonchev–Trinajstić information content (AvgIpc) is 3.11. The number of hydrogen-bond acceptors (Lipinski definition) is 0. The highest BCUT2D eigenvalue weighted by molar-refractivity contribution is 7.04. The van der Waals surface area contributed by atoms with Crippen LogP contribution in [0.3, 0.4) is 0 Å². The van der Waals surface area contributed by atoms with Crippen molar-refractivity contribution in [1.29, 1.82) is 0 Å². The Morgan fingerprint density at radius 1 is 0.368 bits per heavy atom. The lowest BCUT2D eigenvalue weighted by Gasteiger charge is -2.36. The zero-order chi connectivity index (χ0) is 40.8. The number of hydrogen-bond donors (Lipinski definition) is 0. The van der Waals surface area contributed by atoms with Crippen molar-refractivity contribution >= 4 is 75.4 Å². The van der Waals surface area contributed by atoms with Crippen molar-refractivity contribution in [3.8, 4) is 11.1 Å². The standard InChI is InChI=1S/C54H58B2Si/c1-31-22-35(5)51(36(6)23-31)55(52-37(7)24-32(2)25-38(52)8)43-18-19-44-45-20-21-47(46-16-15-17-48(50(45)46)57(13,14)49(44)30-43)56(53-39(9)26-33(3)27-40(53)10)54-41(11)28-34(4)29-42(54)12/h15-30H,1-14H3. The van der Waals surface area contributed by atoms with Crippen molar-refractivity contribution in [3.05, 3.63) is 164 Å². The Bertz CT molecular complexity index is 2590. The van der Waals surface area contributed by atoms with Crippen molar-refractivity contribution in [2.24, 2.45) is 0 Å². The quantitative estimate of drug-likeness (QED) is 0.150. The summed E-state index contributed by atoms with van der Waals surface area (Å²) in [6.45, 7) is 33.0. The second-order valence-electron chi connectivity index (χ2n) is 18.5. The van der Waals surface area contributed by atoms with E-state index in [-0.39, 0.29) is 13.4 Å². The SMILES string of the molecule is Cc1cc(C)c(B(c2ccc3c(c2)[Si](C)(C)c2cccc4c(B(c5c(C)cc(C)cc5C)c5c(C)cc(C)cc5C)ccc-3c24)c2c(C)cc(C)cc2C)c(C)c1. The van der Waals surface area contributed by atoms with Gasteiger partial charge >= 0.3 is 0 Å². The maximum atomic E-state index is 2.64. The smallest absolute Gasteiger partial charge is 0.0687 e. The van der Waals surface area contributed by atoms with Crippen molar-refractivity contribution in [1.82, 2.24) is 0 Å². The molecular formula is C54H58B2Si. The highest BCUT2D eigenvalue weighted by Gasteiger charge is 2.39. The maximum Gasteiger partial charge on any atom is 0.243 e. The van der Waals surface area contributed by atoms with Gasteiger partial charge in [0.1, 0.15) is 8.07 Å². The number of rotatable bonds is 6. The minimum Gasteiger partial charge on any atom is -0.0687 e. The van der Waals surface area contributed by atoms with Gasteiger partial charge in [-0.05, 0) is 115 Å². The summed E-state index contributed by atoms with van der Waals surface area (Å²) < 4.78 is 0. The van der Waals surface area contributed by atoms with E-state index in [1.165, 1.54) is 121 Å². The molecule has 8 rings (SSSR count). The molecule has 0 aromatic heterocycles. The van der Waals surface area contributed by atoms with E-state index in [2.05, 4.69) is 193 Å². The van der Waals surface area contributed by atoms with Gasteiger partial charge in [-0.1, -0.05) is 210 Å². The van der Waals surface area contributed by atoms with Gasteiger partial charge in [-0.25, -0.2) is 0 Å². The van der Waals surface area contributed by atoms with Crippen molar-refractivity contribution < 1.29 is 0 Å². The molecule has 284 valence electrons. The van der Waals surface area contributed by atoms with Crippen LogP contribution in [0.1, 0.15) is 66.8 Å². The molecule has 0 fully saturated rings. The predicted molar refractivity (Wildman–Crippen MR) is 258 cm³/mol. The monoisotopic (exact) mass is 756 g/mol. The van der Waals surface area contributed by atoms with Crippen LogP contribution in [0.25, 0.3) is 21.9 Å². The Morgan fingerprint density at radius 3 is 1.18 bits per heavy atom. The maximum absolute atomic E-state index is 2.64. The number of benzene rings is 7. The first-order valence-corrected chi connectivity index (χ1v) is 24.0. The van der Waals surface area contributed by atoms with Gasteiger partial charge in [0.15, 0.2) is 0 Å². The van der Waals surface area contributed by atoms with Crippen LogP contribution in [-0.4, -0.2) is 21.5 Å². The molecule has 57 heavy (non-hydrogen) atoms. The lowest BCUT2D eigenvalue weighted by molar-refractivity contribution is 1.34. The molecule has 0 nitrogen and oxygen atoms in total. The Balaban J connectivity index is 1.39. The van der Waals surface area contributed by atoms with E-state index in [1.807, 2.05) is 0 Å². The molecule has 0 bridgehead atoms. The highest BCUT2D eigenvalue weighted by atomic mass is 28.3. The van der Waals surface area contributed by atoms with Crippen molar-refractivity contribution in [2.45, 2.75) is 96.2 Å². The van der Waals surface area contributed by atoms with Crippen LogP contribution in [0, 0.1) is 83.1 Å². The zero-order valence-electron chi connectivity index (χ0n) is 36.9. The van der Waals surface area contributed by atoms with E-state index >= 15 is 0 Å². The Labute approximate surface area is 345 Å². The minimum absolute atomic E-state index is 0.131. The molecule has 3 heteroatoms. The lowest BCUT2D eigenvalue weighted by Crippen LogP contribution is -2.60. The summed E-state index contributed by atoms with van der Waals surface area (Å²) in [4.78, 5) is 0. The van der Waals surface area contributed by atoms with Crippen LogP contribution < -0.4 is 43.2 Å². The Hall–Kier alpha value is -4.85. The van der Waals surface area contributed by atoms with Crippen LogP contribution in [-0.2, 0) is 0 Å². The summed E-state index contributed by atoms with van der Waals surface area (Å²) in [5, 5.41) is 5.97. The third kappa shape index (κ3) is 6.38. The predicted octanol–water partition coefficient (Wildman–Crippen LogP) is 8.38. The van der Waals surface area contributed by atoms with E-state index < -0.39 is 8.07 Å². The normalized spacial score (nSPS) is 12.9. The summed E-state index contributed by atoms with van der Waals surface area (Å²) >= 11 is 0. The van der Waals surface area contributed by atoms with Gasteiger partial charge in [-0.3, -0.25) is 0 Å². The molecule has 1 aliphatic heterocycles. The van der Waals surface area contributed by atoms with Gasteiger partial charge in [0.05, 0.1) is 0 Å². The molecule has 7 aromatic carbocycles. The van der Waals surface area contributed by atoms with Crippen LogP contribution >= 0.6 is 0 Å². The molecule has 1 heterocycles. The van der Waals surface area contributed by atoms with E-state index in [0.717, 1.165) is 0 Å². The molecule has 0 aliphatic carbocycles. The molecule has 0 saturated heterocycles. The van der Waals surface area contributed by atoms with E-state index in [1.54, 1.807) is 10.4 Å². The minimum atomic E-state index is -2.19. The van der Waals surface area contributed by atoms with Crippen molar-refractivity contribution in [2.75, 3.05) is 0 Å². The summed E-state index contributed by atoms with van der Waals surface area (Å²) in [6, 6.07) is 38.9. The number of fused-ring (bicyclic) bond motifs is 2. The average molecular weight is 757 g/mol. The van der Waals surface area contributed by atoms with Gasteiger partial charge in [0.25, 0.3) is 0 Å². The molecular weight excluding hydrogens is 698 g/mol. The highest BCUT2D eigenvalue weighted by Crippen LogP contribution is 2.33. The molecule has 0 saturated carbocycles. The number of aryl methyl sites for hydroxylation is 12. The van der Waals surface area contributed by atoms with Crippen LogP contribution in [0.4, 0.5) is 0 Å². The zero-order valence-corrected chi connectivity index (χ0v) is 37.9. The van der Waals surface area contributed by atoms with Crippen molar-refractivity contribution in [3.63, 3.8) is 0 Å². The summed E-state index contributed by atoms with van der Waals surface area (Å²) in [7, 11) is -2.19. The van der Waals surface area contributed by atoms with Gasteiger partial charge in [0.2, 0.25) is 13.4 Å². The first-order chi connectivity index (χ1) is 27.0. The van der Waals surface area contributed by atoms with E-state index in [4.69, 9.17) is 0 Å². The fraction of sp³-hybridized carbons (Fsp3) is 0.259. The molecule has 0 atom stereocenters. The van der Waals surface area contributed by atoms with Gasteiger partial charge in [0, 0.05) is 0 Å². The van der Waals surface area contributed by atoms with E-state index in [0.29, 0.717) is 0 Å². The largest absolute Gasteiger partial charge is 0.243 e. The Kier molecular flexibility index (Phi) is 9.72. The molecule has 1 aliphatic rings. The second-order valence-corrected chi connectivity index (χ2v) is 22.8. The fourth-order valence-corrected chi connectivity index (χ4v) is 14.7. The Morgan fingerprint density at radius 2 is 0.754 bits per heavy atom. The first kappa shape index (κ1) is 39.0. The summed E-state index contributed by atoms with van der Waals surface area (Å²) in [5.41, 5.74) is 27.7. The third-order valence-electron chi connectivity index (χ3n) is 13.5. The molecule has 0 radical (unpaired) electrons. The van der Waals surface area contributed by atoms with Crippen LogP contribution in [0.5, 0.6) is 0 Å². The van der Waals surface area contributed by atoms with Gasteiger partial charge < -0.3 is 0 Å². The first-order valence-electron chi connectivity index (χ1n) is 21.0. The molecule has 0 amide bonds. The second kappa shape index (κ2) is 14.2. The molecule has 0 N–H and O–H groups in total. The van der Waals surface area contributed by atoms with Gasteiger partial charge in [-0.15, -0.1) is 0 Å². The summed E-state index contributed by atoms with van der Waals surface area (Å²) in [6.07, 6.45) is 0. The summed E-state index contributed by atoms with van der Waals surface area (Å²) in [5.74, 6) is 0. The fourth-order valence-electron chi connectivity index (χ4n) is 11.6. The molecule has 7 aromatic rings. The molecule has 0 unspecified atom stereocenters. The van der Waals surface area contributed by atoms with Crippen LogP contribution in [0.15, 0.2) is 97.1 Å².